The number of nitrogens with zero attached hydrogens (tertiary/aromatic N) is 2. The number of nitrogens with two attached hydrogens (primary N) is 1. The molecule has 2 rings (SSSR count). The molecule has 2 aromatic rings. The first-order valence-corrected chi connectivity index (χ1v) is 5.71. The molecule has 0 aliphatic rings. The van der Waals surface area contributed by atoms with Crippen molar-refractivity contribution in [2.75, 3.05) is 5.73 Å². The molecule has 1 aromatic heterocycles. The number of anilines is 1. The van der Waals surface area contributed by atoms with E-state index in [1.165, 1.54) is 5.56 Å². The van der Waals surface area contributed by atoms with Crippen LogP contribution in [-0.4, -0.2) is 9.55 Å². The van der Waals surface area contributed by atoms with E-state index in [9.17, 15) is 0 Å². The van der Waals surface area contributed by atoms with Crippen LogP contribution in [-0.2, 0) is 5.54 Å². The molecule has 0 aliphatic heterocycles. The van der Waals surface area contributed by atoms with Crippen molar-refractivity contribution in [1.82, 2.24) is 9.55 Å². The van der Waals surface area contributed by atoms with Gasteiger partial charge in [-0.1, -0.05) is 13.0 Å². The Hall–Kier alpha value is -1.51. The van der Waals surface area contributed by atoms with E-state index >= 15 is 0 Å². The average molecular weight is 217 g/mol. The monoisotopic (exact) mass is 217 g/mol. The number of nitrogen functional groups attached to an aromatic ring is 1. The largest absolute Gasteiger partial charge is 0.369 e. The highest BCUT2D eigenvalue weighted by Gasteiger charge is 2.22. The summed E-state index contributed by atoms with van der Waals surface area (Å²) in [7, 11) is 0. The molecule has 16 heavy (non-hydrogen) atoms. The Morgan fingerprint density at radius 3 is 2.69 bits per heavy atom. The van der Waals surface area contributed by atoms with Crippen LogP contribution in [0.4, 0.5) is 5.95 Å². The zero-order valence-electron chi connectivity index (χ0n) is 10.4. The third-order valence-corrected chi connectivity index (χ3v) is 3.31. The number of hydrogen-bond acceptors (Lipinski definition) is 2. The van der Waals surface area contributed by atoms with Gasteiger partial charge in [-0.15, -0.1) is 0 Å². The number of hydrogen-bond donors (Lipinski definition) is 1. The first kappa shape index (κ1) is 11.0. The maximum Gasteiger partial charge on any atom is 0.201 e. The third kappa shape index (κ3) is 1.56. The second-order valence-corrected chi connectivity index (χ2v) is 4.96. The molecule has 0 saturated carbocycles. The van der Waals surface area contributed by atoms with Crippen LogP contribution in [0.2, 0.25) is 0 Å². The predicted molar refractivity (Wildman–Crippen MR) is 68.5 cm³/mol. The molecule has 86 valence electrons. The van der Waals surface area contributed by atoms with Gasteiger partial charge < -0.3 is 10.3 Å². The quantitative estimate of drug-likeness (QED) is 0.840. The molecular formula is C13H19N3. The smallest absolute Gasteiger partial charge is 0.201 e. The summed E-state index contributed by atoms with van der Waals surface area (Å²) >= 11 is 0. The van der Waals surface area contributed by atoms with Crippen LogP contribution in [0.5, 0.6) is 0 Å². The molecule has 0 amide bonds. The van der Waals surface area contributed by atoms with Gasteiger partial charge in [-0.2, -0.15) is 0 Å². The first-order chi connectivity index (χ1) is 7.45. The van der Waals surface area contributed by atoms with Gasteiger partial charge in [0.25, 0.3) is 0 Å². The van der Waals surface area contributed by atoms with E-state index in [1.807, 2.05) is 6.07 Å². The highest BCUT2D eigenvalue weighted by Crippen LogP contribution is 2.29. The Bertz CT molecular complexity index is 523. The van der Waals surface area contributed by atoms with Crippen LogP contribution in [0, 0.1) is 6.92 Å². The Kier molecular flexibility index (Phi) is 2.41. The summed E-state index contributed by atoms with van der Waals surface area (Å²) in [5.41, 5.74) is 9.37. The zero-order chi connectivity index (χ0) is 11.9. The van der Waals surface area contributed by atoms with E-state index in [1.54, 1.807) is 0 Å². The predicted octanol–water partition coefficient (Wildman–Crippen LogP) is 3.07. The molecule has 3 nitrogen and oxygen atoms in total. The van der Waals surface area contributed by atoms with Crippen molar-refractivity contribution in [3.8, 4) is 0 Å². The number of aromatic nitrogens is 2. The molecule has 0 aliphatic carbocycles. The second kappa shape index (κ2) is 3.51. The SMILES string of the molecule is CCC(C)(C)n1c(N)nc2ccc(C)cc21. The van der Waals surface area contributed by atoms with Crippen LogP contribution >= 0.6 is 0 Å². The van der Waals surface area contributed by atoms with E-state index in [0.717, 1.165) is 17.5 Å². The Labute approximate surface area is 96.3 Å². The average Bonchev–Trinajstić information content (AvgIpc) is 2.54. The topological polar surface area (TPSA) is 43.8 Å². The summed E-state index contributed by atoms with van der Waals surface area (Å²) in [6.45, 7) is 8.63. The fraction of sp³-hybridized carbons (Fsp3) is 0.462. The molecule has 0 fully saturated rings. The summed E-state index contributed by atoms with van der Waals surface area (Å²) < 4.78 is 2.13. The molecular weight excluding hydrogens is 198 g/mol. The van der Waals surface area contributed by atoms with Crippen molar-refractivity contribution >= 4 is 17.0 Å². The third-order valence-electron chi connectivity index (χ3n) is 3.31. The fourth-order valence-corrected chi connectivity index (χ4v) is 2.00. The van der Waals surface area contributed by atoms with Gasteiger partial charge in [0.1, 0.15) is 0 Å². The van der Waals surface area contributed by atoms with Crippen molar-refractivity contribution in [3.05, 3.63) is 23.8 Å². The lowest BCUT2D eigenvalue weighted by Gasteiger charge is -2.26. The van der Waals surface area contributed by atoms with Crippen molar-refractivity contribution in [2.24, 2.45) is 0 Å². The van der Waals surface area contributed by atoms with Gasteiger partial charge in [0.05, 0.1) is 11.0 Å². The Morgan fingerprint density at radius 1 is 1.38 bits per heavy atom. The minimum Gasteiger partial charge on any atom is -0.369 e. The van der Waals surface area contributed by atoms with E-state index in [-0.39, 0.29) is 5.54 Å². The van der Waals surface area contributed by atoms with Crippen LogP contribution in [0.3, 0.4) is 0 Å². The molecule has 0 spiro atoms. The molecule has 1 aromatic carbocycles. The first-order valence-electron chi connectivity index (χ1n) is 5.71. The maximum atomic E-state index is 6.02. The summed E-state index contributed by atoms with van der Waals surface area (Å²) in [6, 6.07) is 6.25. The normalized spacial score (nSPS) is 12.2. The summed E-state index contributed by atoms with van der Waals surface area (Å²) in [5, 5.41) is 0. The van der Waals surface area contributed by atoms with E-state index in [4.69, 9.17) is 5.73 Å². The van der Waals surface area contributed by atoms with Crippen LogP contribution in [0.1, 0.15) is 32.8 Å². The number of fused-ring (bicyclic) bond motifs is 1. The zero-order valence-corrected chi connectivity index (χ0v) is 10.4. The van der Waals surface area contributed by atoms with Crippen molar-refractivity contribution in [2.45, 2.75) is 39.7 Å². The molecule has 0 bridgehead atoms. The highest BCUT2D eigenvalue weighted by atomic mass is 15.2. The molecule has 2 N–H and O–H groups in total. The van der Waals surface area contributed by atoms with Gasteiger partial charge in [0, 0.05) is 5.54 Å². The van der Waals surface area contributed by atoms with Gasteiger partial charge in [0.2, 0.25) is 5.95 Å². The van der Waals surface area contributed by atoms with Crippen molar-refractivity contribution in [3.63, 3.8) is 0 Å². The van der Waals surface area contributed by atoms with Gasteiger partial charge in [-0.05, 0) is 44.9 Å². The maximum absolute atomic E-state index is 6.02. The standard InChI is InChI=1S/C13H19N3/c1-5-13(3,4)16-11-8-9(2)6-7-10(11)15-12(16)14/h6-8H,5H2,1-4H3,(H2,14,15). The summed E-state index contributed by atoms with van der Waals surface area (Å²) in [5.74, 6) is 0.604. The fourth-order valence-electron chi connectivity index (χ4n) is 2.00. The second-order valence-electron chi connectivity index (χ2n) is 4.96. The van der Waals surface area contributed by atoms with Crippen LogP contribution < -0.4 is 5.73 Å². The molecule has 1 heterocycles. The Morgan fingerprint density at radius 2 is 2.06 bits per heavy atom. The van der Waals surface area contributed by atoms with Gasteiger partial charge in [0.15, 0.2) is 0 Å². The molecule has 3 heteroatoms. The number of aryl methyl sites for hydroxylation is 1. The van der Waals surface area contributed by atoms with Crippen LogP contribution in [0.15, 0.2) is 18.2 Å². The van der Waals surface area contributed by atoms with Gasteiger partial charge in [-0.25, -0.2) is 4.98 Å². The molecule has 0 radical (unpaired) electrons. The lowest BCUT2D eigenvalue weighted by atomic mass is 10.0. The lowest BCUT2D eigenvalue weighted by molar-refractivity contribution is 0.357. The van der Waals surface area contributed by atoms with Gasteiger partial charge >= 0.3 is 0 Å². The van der Waals surface area contributed by atoms with Gasteiger partial charge in [-0.3, -0.25) is 0 Å². The molecule has 0 atom stereocenters. The highest BCUT2D eigenvalue weighted by molar-refractivity contribution is 5.79. The van der Waals surface area contributed by atoms with Crippen molar-refractivity contribution in [1.29, 1.82) is 0 Å². The minimum absolute atomic E-state index is 0.00657. The number of imidazole rings is 1. The van der Waals surface area contributed by atoms with Crippen LogP contribution in [0.25, 0.3) is 11.0 Å². The lowest BCUT2D eigenvalue weighted by Crippen LogP contribution is -2.26. The molecule has 0 unspecified atom stereocenters. The van der Waals surface area contributed by atoms with Crippen molar-refractivity contribution < 1.29 is 0 Å². The van der Waals surface area contributed by atoms with E-state index < -0.39 is 0 Å². The Balaban J connectivity index is 2.77. The minimum atomic E-state index is 0.00657. The molecule has 0 saturated heterocycles. The number of rotatable bonds is 2. The number of benzene rings is 1. The summed E-state index contributed by atoms with van der Waals surface area (Å²) in [4.78, 5) is 4.41. The van der Waals surface area contributed by atoms with E-state index in [0.29, 0.717) is 5.95 Å². The van der Waals surface area contributed by atoms with E-state index in [2.05, 4.69) is 49.4 Å². The summed E-state index contributed by atoms with van der Waals surface area (Å²) in [6.07, 6.45) is 1.02.